The number of carbonyl (C=O) groups excluding carboxylic acids is 3. The monoisotopic (exact) mass is 373 g/mol. The quantitative estimate of drug-likeness (QED) is 0.678. The van der Waals surface area contributed by atoms with Gasteiger partial charge < -0.3 is 25.1 Å². The van der Waals surface area contributed by atoms with Gasteiger partial charge in [0.15, 0.2) is 0 Å². The first-order chi connectivity index (χ1) is 12.5. The maximum Gasteiger partial charge on any atom is 0.408 e. The van der Waals surface area contributed by atoms with Crippen molar-refractivity contribution in [3.8, 4) is 0 Å². The molecule has 1 aromatic heterocycles. The van der Waals surface area contributed by atoms with Crippen molar-refractivity contribution in [3.63, 3.8) is 0 Å². The summed E-state index contributed by atoms with van der Waals surface area (Å²) in [4.78, 5) is 39.2. The lowest BCUT2D eigenvalue weighted by atomic mass is 10.0. The van der Waals surface area contributed by atoms with Crippen LogP contribution in [0.2, 0.25) is 0 Å². The Morgan fingerprint density at radius 2 is 1.85 bits per heavy atom. The average molecular weight is 373 g/mol. The second-order valence-corrected chi connectivity index (χ2v) is 8.03. The van der Waals surface area contributed by atoms with Gasteiger partial charge >= 0.3 is 6.09 Å². The molecule has 0 radical (unpaired) electrons. The van der Waals surface area contributed by atoms with Crippen LogP contribution >= 0.6 is 0 Å². The summed E-state index contributed by atoms with van der Waals surface area (Å²) >= 11 is 0. The lowest BCUT2D eigenvalue weighted by Crippen LogP contribution is -2.57. The van der Waals surface area contributed by atoms with Crippen LogP contribution in [-0.2, 0) is 20.7 Å². The molecule has 0 aliphatic carbocycles. The fourth-order valence-corrected chi connectivity index (χ4v) is 2.63. The van der Waals surface area contributed by atoms with Crippen LogP contribution in [0.1, 0.15) is 40.2 Å². The molecule has 2 amide bonds. The number of fused-ring (bicyclic) bond motifs is 1. The summed E-state index contributed by atoms with van der Waals surface area (Å²) in [5.74, 6) is -0.467. The highest BCUT2D eigenvalue weighted by Crippen LogP contribution is 2.19. The minimum absolute atomic E-state index is 0.349. The van der Waals surface area contributed by atoms with Gasteiger partial charge in [-0.2, -0.15) is 0 Å². The van der Waals surface area contributed by atoms with Crippen molar-refractivity contribution < 1.29 is 19.1 Å². The van der Waals surface area contributed by atoms with Gasteiger partial charge in [0, 0.05) is 23.5 Å². The van der Waals surface area contributed by atoms with Crippen molar-refractivity contribution in [2.45, 2.75) is 58.2 Å². The molecule has 0 bridgehead atoms. The SMILES string of the molecule is CC(C)(C)OC(=O)NC(C)(C)C(=O)N[C@@H](C=O)Cc1c[nH]c2ccccc12. The van der Waals surface area contributed by atoms with E-state index in [1.54, 1.807) is 34.6 Å². The van der Waals surface area contributed by atoms with Crippen molar-refractivity contribution >= 4 is 29.2 Å². The molecular formula is C20H27N3O4. The molecular weight excluding hydrogens is 346 g/mol. The lowest BCUT2D eigenvalue weighted by Gasteiger charge is -2.28. The number of rotatable bonds is 6. The van der Waals surface area contributed by atoms with Gasteiger partial charge in [-0.3, -0.25) is 4.79 Å². The molecule has 1 aromatic carbocycles. The van der Waals surface area contributed by atoms with Gasteiger partial charge in [0.2, 0.25) is 5.91 Å². The fourth-order valence-electron chi connectivity index (χ4n) is 2.63. The number of aldehydes is 1. The van der Waals surface area contributed by atoms with Crippen LogP contribution in [0.3, 0.4) is 0 Å². The predicted octanol–water partition coefficient (Wildman–Crippen LogP) is 2.70. The Morgan fingerprint density at radius 1 is 1.19 bits per heavy atom. The van der Waals surface area contributed by atoms with Crippen LogP contribution in [0.15, 0.2) is 30.5 Å². The first-order valence-corrected chi connectivity index (χ1v) is 8.84. The Bertz CT molecular complexity index is 833. The number of amides is 2. The fraction of sp³-hybridized carbons (Fsp3) is 0.450. The topological polar surface area (TPSA) is 100 Å². The lowest BCUT2D eigenvalue weighted by molar-refractivity contribution is -0.128. The van der Waals surface area contributed by atoms with Gasteiger partial charge in [0.1, 0.15) is 17.4 Å². The van der Waals surface area contributed by atoms with E-state index < -0.39 is 29.2 Å². The van der Waals surface area contributed by atoms with Crippen molar-refractivity contribution in [1.82, 2.24) is 15.6 Å². The van der Waals surface area contributed by atoms with Crippen LogP contribution < -0.4 is 10.6 Å². The van der Waals surface area contributed by atoms with Crippen LogP contribution in [-0.4, -0.2) is 40.5 Å². The highest BCUT2D eigenvalue weighted by Gasteiger charge is 2.33. The number of aromatic nitrogens is 1. The zero-order valence-corrected chi connectivity index (χ0v) is 16.4. The Labute approximate surface area is 158 Å². The maximum absolute atomic E-state index is 12.6. The molecule has 0 fully saturated rings. The molecule has 0 aliphatic rings. The minimum atomic E-state index is -1.23. The molecule has 0 saturated heterocycles. The molecule has 2 aromatic rings. The van der Waals surface area contributed by atoms with E-state index in [1.807, 2.05) is 30.5 Å². The molecule has 0 saturated carbocycles. The number of hydrogen-bond acceptors (Lipinski definition) is 4. The van der Waals surface area contributed by atoms with Gasteiger partial charge in [0.05, 0.1) is 6.04 Å². The van der Waals surface area contributed by atoms with E-state index in [1.165, 1.54) is 0 Å². The van der Waals surface area contributed by atoms with E-state index in [4.69, 9.17) is 4.74 Å². The van der Waals surface area contributed by atoms with E-state index >= 15 is 0 Å². The summed E-state index contributed by atoms with van der Waals surface area (Å²) in [5, 5.41) is 6.23. The predicted molar refractivity (Wildman–Crippen MR) is 103 cm³/mol. The number of benzene rings is 1. The summed E-state index contributed by atoms with van der Waals surface area (Å²) in [6.45, 7) is 8.33. The summed E-state index contributed by atoms with van der Waals surface area (Å²) in [6.07, 6.45) is 2.18. The standard InChI is InChI=1S/C20H27N3O4/c1-19(2,3)27-18(26)23-20(4,5)17(25)22-14(12-24)10-13-11-21-16-9-7-6-8-15(13)16/h6-9,11-12,14,21H,10H2,1-5H3,(H,22,25)(H,23,26)/t14-/m1/s1. The second kappa shape index (κ2) is 7.82. The largest absolute Gasteiger partial charge is 0.444 e. The van der Waals surface area contributed by atoms with Crippen LogP contribution in [0.4, 0.5) is 4.79 Å². The molecule has 0 unspecified atom stereocenters. The number of para-hydroxylation sites is 1. The first kappa shape index (κ1) is 20.5. The molecule has 0 aliphatic heterocycles. The molecule has 1 atom stereocenters. The summed E-state index contributed by atoms with van der Waals surface area (Å²) < 4.78 is 5.18. The van der Waals surface area contributed by atoms with Gasteiger partial charge in [-0.25, -0.2) is 4.79 Å². The van der Waals surface area contributed by atoms with E-state index in [-0.39, 0.29) is 0 Å². The number of carbonyl (C=O) groups is 3. The molecule has 27 heavy (non-hydrogen) atoms. The Kier molecular flexibility index (Phi) is 5.93. The third kappa shape index (κ3) is 5.57. The number of hydrogen-bond donors (Lipinski definition) is 3. The molecule has 7 heteroatoms. The smallest absolute Gasteiger partial charge is 0.408 e. The zero-order chi connectivity index (χ0) is 20.2. The summed E-state index contributed by atoms with van der Waals surface area (Å²) in [6, 6.07) is 7.03. The Balaban J connectivity index is 2.03. The number of ether oxygens (including phenoxy) is 1. The molecule has 3 N–H and O–H groups in total. The molecule has 7 nitrogen and oxygen atoms in total. The van der Waals surface area contributed by atoms with Gasteiger partial charge in [0.25, 0.3) is 0 Å². The molecule has 1 heterocycles. The van der Waals surface area contributed by atoms with Crippen LogP contribution in [0.5, 0.6) is 0 Å². The number of alkyl carbamates (subject to hydrolysis) is 1. The third-order valence-corrected chi connectivity index (χ3v) is 3.98. The second-order valence-electron chi connectivity index (χ2n) is 8.03. The van der Waals surface area contributed by atoms with Gasteiger partial charge in [-0.05, 0) is 46.2 Å². The van der Waals surface area contributed by atoms with Crippen molar-refractivity contribution in [2.24, 2.45) is 0 Å². The van der Waals surface area contributed by atoms with E-state index in [0.29, 0.717) is 12.7 Å². The third-order valence-electron chi connectivity index (χ3n) is 3.98. The van der Waals surface area contributed by atoms with Crippen LogP contribution in [0.25, 0.3) is 10.9 Å². The van der Waals surface area contributed by atoms with E-state index in [0.717, 1.165) is 16.5 Å². The average Bonchev–Trinajstić information content (AvgIpc) is 2.94. The molecule has 146 valence electrons. The zero-order valence-electron chi connectivity index (χ0n) is 16.4. The first-order valence-electron chi connectivity index (χ1n) is 8.84. The Hall–Kier alpha value is -2.83. The summed E-state index contributed by atoms with van der Waals surface area (Å²) in [7, 11) is 0. The normalized spacial score (nSPS) is 13.1. The van der Waals surface area contributed by atoms with Crippen LogP contribution in [0, 0.1) is 0 Å². The number of aromatic amines is 1. The van der Waals surface area contributed by atoms with Crippen molar-refractivity contribution in [1.29, 1.82) is 0 Å². The van der Waals surface area contributed by atoms with Gasteiger partial charge in [-0.1, -0.05) is 18.2 Å². The van der Waals surface area contributed by atoms with E-state index in [2.05, 4.69) is 15.6 Å². The number of nitrogens with one attached hydrogen (secondary N) is 3. The van der Waals surface area contributed by atoms with E-state index in [9.17, 15) is 14.4 Å². The van der Waals surface area contributed by atoms with Gasteiger partial charge in [-0.15, -0.1) is 0 Å². The number of H-pyrrole nitrogens is 1. The highest BCUT2D eigenvalue weighted by atomic mass is 16.6. The van der Waals surface area contributed by atoms with Crippen molar-refractivity contribution in [3.05, 3.63) is 36.0 Å². The highest BCUT2D eigenvalue weighted by molar-refractivity contribution is 5.91. The molecule has 2 rings (SSSR count). The maximum atomic E-state index is 12.6. The van der Waals surface area contributed by atoms with Crippen molar-refractivity contribution in [2.75, 3.05) is 0 Å². The Morgan fingerprint density at radius 3 is 2.48 bits per heavy atom. The minimum Gasteiger partial charge on any atom is -0.444 e. The molecule has 0 spiro atoms. The summed E-state index contributed by atoms with van der Waals surface area (Å²) in [5.41, 5.74) is -0.00231.